The molecule has 0 fully saturated rings. The first-order chi connectivity index (χ1) is 13.0. The largest absolute Gasteiger partial charge is 0.493 e. The molecule has 2 rings (SSSR count). The van der Waals surface area contributed by atoms with E-state index in [0.717, 1.165) is 5.56 Å². The van der Waals surface area contributed by atoms with Gasteiger partial charge in [-0.05, 0) is 50.1 Å². The molecule has 6 heteroatoms. The average Bonchev–Trinajstić information content (AvgIpc) is 2.68. The maximum Gasteiger partial charge on any atom is 0.338 e. The Hall–Kier alpha value is -3.02. The average molecular weight is 371 g/mol. The van der Waals surface area contributed by atoms with E-state index in [1.165, 1.54) is 0 Å². The Labute approximate surface area is 159 Å². The number of rotatable bonds is 8. The minimum atomic E-state index is -0.702. The molecule has 1 atom stereocenters. The Bertz CT molecular complexity index is 803. The van der Waals surface area contributed by atoms with Gasteiger partial charge in [-0.1, -0.05) is 25.1 Å². The van der Waals surface area contributed by atoms with Crippen molar-refractivity contribution in [3.05, 3.63) is 53.6 Å². The van der Waals surface area contributed by atoms with Crippen molar-refractivity contribution in [3.8, 4) is 11.5 Å². The molecule has 0 heterocycles. The van der Waals surface area contributed by atoms with Gasteiger partial charge in [0.05, 0.1) is 19.3 Å². The number of hydrogen-bond acceptors (Lipinski definition) is 5. The molecule has 1 N–H and O–H groups in total. The van der Waals surface area contributed by atoms with E-state index in [1.807, 2.05) is 26.0 Å². The van der Waals surface area contributed by atoms with Gasteiger partial charge in [0.15, 0.2) is 17.6 Å². The fourth-order valence-electron chi connectivity index (χ4n) is 2.50. The van der Waals surface area contributed by atoms with E-state index in [-0.39, 0.29) is 5.91 Å². The van der Waals surface area contributed by atoms with Crippen LogP contribution in [0.1, 0.15) is 36.2 Å². The Balaban J connectivity index is 2.16. The minimum absolute atomic E-state index is 0.291. The van der Waals surface area contributed by atoms with Gasteiger partial charge in [0.2, 0.25) is 0 Å². The highest BCUT2D eigenvalue weighted by Gasteiger charge is 2.21. The number of para-hydroxylation sites is 2. The summed E-state index contributed by atoms with van der Waals surface area (Å²) in [7, 11) is 1.55. The van der Waals surface area contributed by atoms with Gasteiger partial charge < -0.3 is 19.5 Å². The molecule has 0 bridgehead atoms. The van der Waals surface area contributed by atoms with Crippen LogP contribution in [0.2, 0.25) is 0 Å². The lowest BCUT2D eigenvalue weighted by Gasteiger charge is -2.19. The number of amides is 1. The van der Waals surface area contributed by atoms with Gasteiger partial charge >= 0.3 is 5.97 Å². The van der Waals surface area contributed by atoms with Crippen LogP contribution in [0.15, 0.2) is 42.5 Å². The van der Waals surface area contributed by atoms with Crippen molar-refractivity contribution in [2.75, 3.05) is 19.0 Å². The van der Waals surface area contributed by atoms with E-state index in [1.54, 1.807) is 44.4 Å². The Morgan fingerprint density at radius 3 is 2.41 bits per heavy atom. The van der Waals surface area contributed by atoms with Crippen molar-refractivity contribution in [1.82, 2.24) is 0 Å². The lowest BCUT2D eigenvalue weighted by atomic mass is 10.1. The molecule has 0 radical (unpaired) electrons. The van der Waals surface area contributed by atoms with E-state index in [2.05, 4.69) is 5.32 Å². The zero-order valence-corrected chi connectivity index (χ0v) is 16.1. The summed E-state index contributed by atoms with van der Waals surface area (Å²) in [5, 5.41) is 2.84. The maximum atomic E-state index is 12.7. The van der Waals surface area contributed by atoms with Crippen LogP contribution in [0.3, 0.4) is 0 Å². The molecule has 2 aromatic carbocycles. The van der Waals surface area contributed by atoms with E-state index >= 15 is 0 Å². The number of esters is 1. The Morgan fingerprint density at radius 2 is 1.78 bits per heavy atom. The van der Waals surface area contributed by atoms with Gasteiger partial charge in [-0.15, -0.1) is 0 Å². The summed E-state index contributed by atoms with van der Waals surface area (Å²) in [6.45, 7) is 5.75. The van der Waals surface area contributed by atoms with Gasteiger partial charge in [0.25, 0.3) is 5.91 Å². The van der Waals surface area contributed by atoms with Crippen molar-refractivity contribution < 1.29 is 23.8 Å². The van der Waals surface area contributed by atoms with Gasteiger partial charge in [0.1, 0.15) is 0 Å². The smallest absolute Gasteiger partial charge is 0.338 e. The van der Waals surface area contributed by atoms with Crippen molar-refractivity contribution >= 4 is 17.6 Å². The summed E-state index contributed by atoms with van der Waals surface area (Å²) >= 11 is 0. The van der Waals surface area contributed by atoms with Crippen LogP contribution < -0.4 is 14.8 Å². The van der Waals surface area contributed by atoms with Crippen LogP contribution in [0.5, 0.6) is 11.5 Å². The monoisotopic (exact) mass is 371 g/mol. The maximum absolute atomic E-state index is 12.7. The molecule has 0 spiro atoms. The van der Waals surface area contributed by atoms with E-state index in [9.17, 15) is 9.59 Å². The summed E-state index contributed by atoms with van der Waals surface area (Å²) < 4.78 is 16.1. The van der Waals surface area contributed by atoms with Crippen LogP contribution in [0, 0.1) is 6.92 Å². The van der Waals surface area contributed by atoms with Gasteiger partial charge in [-0.25, -0.2) is 4.79 Å². The fraction of sp³-hybridized carbons (Fsp3) is 0.333. The zero-order chi connectivity index (χ0) is 19.8. The van der Waals surface area contributed by atoms with Crippen LogP contribution >= 0.6 is 0 Å². The van der Waals surface area contributed by atoms with Crippen molar-refractivity contribution in [3.63, 3.8) is 0 Å². The molecule has 6 nitrogen and oxygen atoms in total. The lowest BCUT2D eigenvalue weighted by Crippen LogP contribution is -2.32. The highest BCUT2D eigenvalue weighted by molar-refractivity contribution is 5.97. The van der Waals surface area contributed by atoms with Crippen LogP contribution in [-0.4, -0.2) is 31.7 Å². The summed E-state index contributed by atoms with van der Waals surface area (Å²) in [4.78, 5) is 24.6. The molecule has 0 aliphatic heterocycles. The third-order valence-corrected chi connectivity index (χ3v) is 4.01. The quantitative estimate of drug-likeness (QED) is 0.711. The van der Waals surface area contributed by atoms with Crippen LogP contribution in [-0.2, 0) is 9.53 Å². The topological polar surface area (TPSA) is 73.9 Å². The molecule has 2 aromatic rings. The molecule has 0 aliphatic rings. The predicted octanol–water partition coefficient (Wildman–Crippen LogP) is 3.98. The predicted molar refractivity (Wildman–Crippen MR) is 103 cm³/mol. The van der Waals surface area contributed by atoms with Gasteiger partial charge in [0, 0.05) is 5.69 Å². The minimum Gasteiger partial charge on any atom is -0.493 e. The normalized spacial score (nSPS) is 11.4. The molecule has 0 aromatic heterocycles. The van der Waals surface area contributed by atoms with Crippen molar-refractivity contribution in [1.29, 1.82) is 0 Å². The number of carbonyl (C=O) groups is 2. The molecule has 0 saturated heterocycles. The van der Waals surface area contributed by atoms with Crippen molar-refractivity contribution in [2.45, 2.75) is 33.3 Å². The number of aryl methyl sites for hydroxylation is 1. The van der Waals surface area contributed by atoms with E-state index in [4.69, 9.17) is 14.2 Å². The summed E-state index contributed by atoms with van der Waals surface area (Å²) in [5.74, 6) is 0.334. The number of carbonyl (C=O) groups excluding carboxylic acids is 2. The Morgan fingerprint density at radius 1 is 1.07 bits per heavy atom. The molecule has 144 valence electrons. The number of hydrogen-bond donors (Lipinski definition) is 1. The third-order valence-electron chi connectivity index (χ3n) is 4.01. The highest BCUT2D eigenvalue weighted by Crippen LogP contribution is 2.28. The second kappa shape index (κ2) is 9.62. The second-order valence-electron chi connectivity index (χ2n) is 5.91. The molecule has 0 saturated carbocycles. The van der Waals surface area contributed by atoms with E-state index in [0.29, 0.717) is 35.8 Å². The number of benzene rings is 2. The van der Waals surface area contributed by atoms with Gasteiger partial charge in [-0.3, -0.25) is 4.79 Å². The fourth-order valence-corrected chi connectivity index (χ4v) is 2.50. The number of ether oxygens (including phenoxy) is 3. The third kappa shape index (κ3) is 5.23. The molecule has 27 heavy (non-hydrogen) atoms. The number of methoxy groups -OCH3 is 1. The van der Waals surface area contributed by atoms with Crippen molar-refractivity contribution in [2.24, 2.45) is 0 Å². The lowest BCUT2D eigenvalue weighted by molar-refractivity contribution is -0.122. The second-order valence-corrected chi connectivity index (χ2v) is 5.91. The first kappa shape index (κ1) is 20.3. The van der Waals surface area contributed by atoms with Crippen LogP contribution in [0.4, 0.5) is 5.69 Å². The van der Waals surface area contributed by atoms with E-state index < -0.39 is 12.1 Å². The Kier molecular flexibility index (Phi) is 7.23. The first-order valence-electron chi connectivity index (χ1n) is 8.88. The molecular weight excluding hydrogens is 346 g/mol. The summed E-state index contributed by atoms with van der Waals surface area (Å²) in [6, 6.07) is 12.2. The van der Waals surface area contributed by atoms with Crippen LogP contribution in [0.25, 0.3) is 0 Å². The molecule has 0 aliphatic carbocycles. The summed E-state index contributed by atoms with van der Waals surface area (Å²) in [5.41, 5.74) is 1.77. The standard InChI is InChI=1S/C21H25NO5/c1-5-17(27-19-10-8-7-9-18(19)25-4)20(23)22-16-13-15(12-11-14(16)3)21(24)26-6-2/h7-13,17H,5-6H2,1-4H3,(H,22,23). The summed E-state index contributed by atoms with van der Waals surface area (Å²) in [6.07, 6.45) is -0.229. The molecular formula is C21H25NO5. The van der Waals surface area contributed by atoms with Gasteiger partial charge in [-0.2, -0.15) is 0 Å². The first-order valence-corrected chi connectivity index (χ1v) is 8.88. The number of anilines is 1. The SMILES string of the molecule is CCOC(=O)c1ccc(C)c(NC(=O)C(CC)Oc2ccccc2OC)c1. The highest BCUT2D eigenvalue weighted by atomic mass is 16.5. The molecule has 1 amide bonds. The molecule has 1 unspecified atom stereocenters. The number of nitrogens with one attached hydrogen (secondary N) is 1. The zero-order valence-electron chi connectivity index (χ0n) is 16.1.